The molecule has 0 saturated carbocycles. The third-order valence-corrected chi connectivity index (χ3v) is 3.96. The second-order valence-corrected chi connectivity index (χ2v) is 5.65. The van der Waals surface area contributed by atoms with Crippen LogP contribution in [-0.2, 0) is 17.1 Å². The van der Waals surface area contributed by atoms with Crippen LogP contribution in [0.1, 0.15) is 19.8 Å². The average molecular weight is 266 g/mol. The first-order chi connectivity index (χ1) is 7.49. The molecule has 0 aliphatic rings. The summed E-state index contributed by atoms with van der Waals surface area (Å²) in [6.45, 7) is 1.92. The summed E-state index contributed by atoms with van der Waals surface area (Å²) in [5.74, 6) is 0.439. The number of aryl methyl sites for hydroxylation is 1. The highest BCUT2D eigenvalue weighted by atomic mass is 35.5. The highest BCUT2D eigenvalue weighted by Gasteiger charge is 2.19. The van der Waals surface area contributed by atoms with Crippen molar-refractivity contribution in [3.05, 3.63) is 12.4 Å². The summed E-state index contributed by atoms with van der Waals surface area (Å²) in [4.78, 5) is 0.183. The highest BCUT2D eigenvalue weighted by molar-refractivity contribution is 7.89. The topological polar surface area (TPSA) is 64.0 Å². The van der Waals surface area contributed by atoms with E-state index in [4.69, 9.17) is 11.6 Å². The summed E-state index contributed by atoms with van der Waals surface area (Å²) in [7, 11) is -1.79. The molecule has 1 aromatic heterocycles. The van der Waals surface area contributed by atoms with E-state index in [0.29, 0.717) is 18.7 Å². The fourth-order valence-electron chi connectivity index (χ4n) is 1.30. The molecular weight excluding hydrogens is 250 g/mol. The predicted octanol–water partition coefficient (Wildman–Crippen LogP) is 1.11. The second kappa shape index (κ2) is 5.65. The molecule has 0 bridgehead atoms. The van der Waals surface area contributed by atoms with Crippen molar-refractivity contribution >= 4 is 21.6 Å². The van der Waals surface area contributed by atoms with E-state index in [-0.39, 0.29) is 10.9 Å². The second-order valence-electron chi connectivity index (χ2n) is 3.55. The number of halogens is 1. The molecule has 0 amide bonds. The van der Waals surface area contributed by atoms with Gasteiger partial charge in [0.25, 0.3) is 0 Å². The number of rotatable bonds is 6. The Balaban J connectivity index is 2.78. The standard InChI is InChI=1S/C9H16ClN3O2S/c1-3-8(4-5-10)12-16(14,15)9-6-11-13(2)7-9/h6-8,12H,3-5H2,1-2H3. The van der Waals surface area contributed by atoms with Crippen molar-refractivity contribution in [2.45, 2.75) is 30.7 Å². The molecule has 1 atom stereocenters. The normalized spacial score (nSPS) is 13.9. The molecule has 1 aromatic rings. The minimum absolute atomic E-state index is 0.122. The molecule has 0 spiro atoms. The van der Waals surface area contributed by atoms with Crippen LogP contribution in [0.2, 0.25) is 0 Å². The van der Waals surface area contributed by atoms with E-state index in [1.165, 1.54) is 17.1 Å². The monoisotopic (exact) mass is 265 g/mol. The zero-order valence-corrected chi connectivity index (χ0v) is 10.9. The van der Waals surface area contributed by atoms with Gasteiger partial charge in [-0.2, -0.15) is 5.10 Å². The quantitative estimate of drug-likeness (QED) is 0.784. The van der Waals surface area contributed by atoms with Crippen LogP contribution in [0, 0.1) is 0 Å². The number of hydrogen-bond donors (Lipinski definition) is 1. The van der Waals surface area contributed by atoms with Crippen LogP contribution < -0.4 is 4.72 Å². The summed E-state index contributed by atoms with van der Waals surface area (Å²) < 4.78 is 27.8. The van der Waals surface area contributed by atoms with Crippen molar-refractivity contribution in [3.63, 3.8) is 0 Å². The smallest absolute Gasteiger partial charge is 0.243 e. The molecule has 7 heteroatoms. The lowest BCUT2D eigenvalue weighted by molar-refractivity contribution is 0.531. The fraction of sp³-hybridized carbons (Fsp3) is 0.667. The molecule has 1 heterocycles. The maximum Gasteiger partial charge on any atom is 0.243 e. The van der Waals surface area contributed by atoms with Crippen molar-refractivity contribution in [1.82, 2.24) is 14.5 Å². The summed E-state index contributed by atoms with van der Waals surface area (Å²) in [6.07, 6.45) is 4.13. The first-order valence-electron chi connectivity index (χ1n) is 5.06. The molecule has 5 nitrogen and oxygen atoms in total. The van der Waals surface area contributed by atoms with Gasteiger partial charge in [0.05, 0.1) is 6.20 Å². The molecule has 0 aliphatic carbocycles. The molecule has 16 heavy (non-hydrogen) atoms. The molecule has 0 aliphatic heterocycles. The van der Waals surface area contributed by atoms with Gasteiger partial charge in [-0.1, -0.05) is 6.92 Å². The first kappa shape index (κ1) is 13.5. The summed E-state index contributed by atoms with van der Waals surface area (Å²) >= 11 is 5.60. The fourth-order valence-corrected chi connectivity index (χ4v) is 2.90. The Kier molecular flexibility index (Phi) is 4.76. The van der Waals surface area contributed by atoms with Gasteiger partial charge in [-0.3, -0.25) is 4.68 Å². The van der Waals surface area contributed by atoms with Gasteiger partial charge in [0.2, 0.25) is 10.0 Å². The number of alkyl halides is 1. The molecule has 0 saturated heterocycles. The molecule has 1 unspecified atom stereocenters. The van der Waals surface area contributed by atoms with Crippen LogP contribution in [0.15, 0.2) is 17.3 Å². The van der Waals surface area contributed by atoms with Crippen molar-refractivity contribution in [2.75, 3.05) is 5.88 Å². The zero-order chi connectivity index (χ0) is 12.2. The lowest BCUT2D eigenvalue weighted by Gasteiger charge is -2.14. The number of hydrogen-bond acceptors (Lipinski definition) is 3. The number of sulfonamides is 1. The third-order valence-electron chi connectivity index (χ3n) is 2.26. The van der Waals surface area contributed by atoms with Gasteiger partial charge in [0.1, 0.15) is 4.90 Å². The molecule has 0 aromatic carbocycles. The Morgan fingerprint density at radius 2 is 2.31 bits per heavy atom. The van der Waals surface area contributed by atoms with Gasteiger partial charge in [-0.25, -0.2) is 13.1 Å². The van der Waals surface area contributed by atoms with Crippen LogP contribution in [0.5, 0.6) is 0 Å². The first-order valence-corrected chi connectivity index (χ1v) is 7.08. The minimum Gasteiger partial charge on any atom is -0.274 e. The third kappa shape index (κ3) is 3.47. The van der Waals surface area contributed by atoms with E-state index in [1.807, 2.05) is 6.92 Å². The Morgan fingerprint density at radius 1 is 1.62 bits per heavy atom. The van der Waals surface area contributed by atoms with Crippen LogP contribution >= 0.6 is 11.6 Å². The van der Waals surface area contributed by atoms with Gasteiger partial charge in [0.15, 0.2) is 0 Å². The molecule has 1 rings (SSSR count). The van der Waals surface area contributed by atoms with E-state index >= 15 is 0 Å². The zero-order valence-electron chi connectivity index (χ0n) is 9.35. The SMILES string of the molecule is CCC(CCCl)NS(=O)(=O)c1cnn(C)c1. The van der Waals surface area contributed by atoms with Gasteiger partial charge in [-0.05, 0) is 12.8 Å². The highest BCUT2D eigenvalue weighted by Crippen LogP contribution is 2.09. The van der Waals surface area contributed by atoms with E-state index < -0.39 is 10.0 Å². The number of nitrogens with one attached hydrogen (secondary N) is 1. The maximum absolute atomic E-state index is 11.9. The van der Waals surface area contributed by atoms with Crippen molar-refractivity contribution in [1.29, 1.82) is 0 Å². The van der Waals surface area contributed by atoms with E-state index in [9.17, 15) is 8.42 Å². The Bertz CT molecular complexity index is 430. The largest absolute Gasteiger partial charge is 0.274 e. The van der Waals surface area contributed by atoms with Gasteiger partial charge in [-0.15, -0.1) is 11.6 Å². The molecular formula is C9H16ClN3O2S. The minimum atomic E-state index is -3.46. The number of aromatic nitrogens is 2. The van der Waals surface area contributed by atoms with Crippen LogP contribution in [-0.4, -0.2) is 30.1 Å². The van der Waals surface area contributed by atoms with Gasteiger partial charge >= 0.3 is 0 Å². The summed E-state index contributed by atoms with van der Waals surface area (Å²) in [5, 5.41) is 3.83. The van der Waals surface area contributed by atoms with Crippen LogP contribution in [0.4, 0.5) is 0 Å². The van der Waals surface area contributed by atoms with Crippen molar-refractivity contribution < 1.29 is 8.42 Å². The maximum atomic E-state index is 11.9. The van der Waals surface area contributed by atoms with Crippen LogP contribution in [0.3, 0.4) is 0 Å². The predicted molar refractivity (Wildman–Crippen MR) is 62.9 cm³/mol. The van der Waals surface area contributed by atoms with Crippen LogP contribution in [0.25, 0.3) is 0 Å². The van der Waals surface area contributed by atoms with E-state index in [1.54, 1.807) is 7.05 Å². The number of nitrogens with zero attached hydrogens (tertiary/aromatic N) is 2. The lowest BCUT2D eigenvalue weighted by atomic mass is 10.2. The van der Waals surface area contributed by atoms with E-state index in [0.717, 1.165) is 0 Å². The molecule has 0 fully saturated rings. The summed E-state index contributed by atoms with van der Waals surface area (Å²) in [6, 6.07) is -0.122. The molecule has 92 valence electrons. The Morgan fingerprint density at radius 3 is 2.75 bits per heavy atom. The Labute approximate surface area is 101 Å². The molecule has 1 N–H and O–H groups in total. The van der Waals surface area contributed by atoms with Crippen molar-refractivity contribution in [3.8, 4) is 0 Å². The van der Waals surface area contributed by atoms with E-state index in [2.05, 4.69) is 9.82 Å². The van der Waals surface area contributed by atoms with Crippen molar-refractivity contribution in [2.24, 2.45) is 7.05 Å². The summed E-state index contributed by atoms with van der Waals surface area (Å²) in [5.41, 5.74) is 0. The lowest BCUT2D eigenvalue weighted by Crippen LogP contribution is -2.34. The molecule has 0 radical (unpaired) electrons. The van der Waals surface area contributed by atoms with Gasteiger partial charge in [0, 0.05) is 25.2 Å². The Hall–Kier alpha value is -0.590. The average Bonchev–Trinajstić information content (AvgIpc) is 2.64. The van der Waals surface area contributed by atoms with Gasteiger partial charge < -0.3 is 0 Å².